The highest BCUT2D eigenvalue weighted by Gasteiger charge is 2.28. The third-order valence-corrected chi connectivity index (χ3v) is 4.27. The summed E-state index contributed by atoms with van der Waals surface area (Å²) >= 11 is 3.36. The fourth-order valence-corrected chi connectivity index (χ4v) is 2.63. The number of piperazine rings is 1. The number of anilines is 1. The summed E-state index contributed by atoms with van der Waals surface area (Å²) < 4.78 is 10.8. The van der Waals surface area contributed by atoms with Crippen molar-refractivity contribution >= 4 is 33.6 Å². The molecule has 2 rings (SSSR count). The minimum absolute atomic E-state index is 0.0421. The van der Waals surface area contributed by atoms with Crippen molar-refractivity contribution in [1.29, 1.82) is 0 Å². The smallest absolute Gasteiger partial charge is 0.410 e. The van der Waals surface area contributed by atoms with Crippen LogP contribution in [0.15, 0.2) is 24.3 Å². The van der Waals surface area contributed by atoms with Crippen molar-refractivity contribution in [3.63, 3.8) is 0 Å². The van der Waals surface area contributed by atoms with Crippen molar-refractivity contribution in [1.82, 2.24) is 4.90 Å². The molecule has 25 heavy (non-hydrogen) atoms. The van der Waals surface area contributed by atoms with E-state index in [9.17, 15) is 9.59 Å². The van der Waals surface area contributed by atoms with E-state index in [0.29, 0.717) is 26.3 Å². The zero-order valence-corrected chi connectivity index (χ0v) is 16.3. The molecular weight excluding hydrogens is 388 g/mol. The van der Waals surface area contributed by atoms with Crippen molar-refractivity contribution in [2.24, 2.45) is 5.92 Å². The molecule has 138 valence electrons. The molecule has 1 aromatic carbocycles. The number of carbonyl (C=O) groups excluding carboxylic acids is 2. The van der Waals surface area contributed by atoms with Crippen molar-refractivity contribution < 1.29 is 19.1 Å². The van der Waals surface area contributed by atoms with Crippen LogP contribution in [0.5, 0.6) is 5.75 Å². The molecule has 1 aliphatic heterocycles. The number of benzene rings is 1. The normalized spacial score (nSPS) is 14.8. The van der Waals surface area contributed by atoms with Gasteiger partial charge in [-0.3, -0.25) is 9.69 Å². The molecule has 1 heterocycles. The van der Waals surface area contributed by atoms with Gasteiger partial charge < -0.3 is 14.4 Å². The van der Waals surface area contributed by atoms with Gasteiger partial charge in [0, 0.05) is 24.1 Å². The number of ether oxygens (including phenoxy) is 2. The molecular formula is C18H25BrN2O4. The molecule has 0 unspecified atom stereocenters. The lowest BCUT2D eigenvalue weighted by molar-refractivity contribution is -0.120. The highest BCUT2D eigenvalue weighted by molar-refractivity contribution is 9.09. The summed E-state index contributed by atoms with van der Waals surface area (Å²) in [4.78, 5) is 27.5. The van der Waals surface area contributed by atoms with Crippen molar-refractivity contribution in [3.8, 4) is 5.75 Å². The van der Waals surface area contributed by atoms with Crippen molar-refractivity contribution in [2.75, 3.05) is 43.1 Å². The lowest BCUT2D eigenvalue weighted by Crippen LogP contribution is -2.52. The van der Waals surface area contributed by atoms with Crippen LogP contribution in [-0.2, 0) is 9.53 Å². The fourth-order valence-electron chi connectivity index (χ4n) is 2.40. The van der Waals surface area contributed by atoms with E-state index >= 15 is 0 Å². The van der Waals surface area contributed by atoms with E-state index in [0.717, 1.165) is 23.2 Å². The zero-order chi connectivity index (χ0) is 18.2. The lowest BCUT2D eigenvalue weighted by atomic mass is 10.2. The molecule has 0 saturated carbocycles. The molecule has 0 N–H and O–H groups in total. The van der Waals surface area contributed by atoms with E-state index < -0.39 is 6.09 Å². The number of carbonyl (C=O) groups is 2. The first-order valence-electron chi connectivity index (χ1n) is 8.52. The van der Waals surface area contributed by atoms with Gasteiger partial charge in [-0.1, -0.05) is 29.8 Å². The second kappa shape index (κ2) is 9.65. The van der Waals surface area contributed by atoms with Gasteiger partial charge >= 0.3 is 6.09 Å². The van der Waals surface area contributed by atoms with Crippen LogP contribution in [0, 0.1) is 5.92 Å². The number of rotatable bonds is 7. The molecule has 6 nitrogen and oxygen atoms in total. The van der Waals surface area contributed by atoms with Gasteiger partial charge in [0.25, 0.3) is 0 Å². The summed E-state index contributed by atoms with van der Waals surface area (Å²) in [7, 11) is 0. The van der Waals surface area contributed by atoms with Gasteiger partial charge in [-0.2, -0.15) is 0 Å². The number of nitrogens with zero attached hydrogens (tertiary/aromatic N) is 2. The van der Waals surface area contributed by atoms with Crippen LogP contribution in [0.4, 0.5) is 10.5 Å². The van der Waals surface area contributed by atoms with Crippen LogP contribution in [0.3, 0.4) is 0 Å². The first-order valence-corrected chi connectivity index (χ1v) is 9.64. The minimum atomic E-state index is -0.419. The summed E-state index contributed by atoms with van der Waals surface area (Å²) in [5.41, 5.74) is 0.813. The molecule has 2 amide bonds. The number of halogens is 1. The molecule has 0 atom stereocenters. The van der Waals surface area contributed by atoms with Gasteiger partial charge in [0.1, 0.15) is 12.3 Å². The van der Waals surface area contributed by atoms with Gasteiger partial charge in [0.2, 0.25) is 5.91 Å². The maximum Gasteiger partial charge on any atom is 0.410 e. The largest absolute Gasteiger partial charge is 0.494 e. The molecule has 0 aromatic heterocycles. The summed E-state index contributed by atoms with van der Waals surface area (Å²) in [5, 5.41) is 0.906. The first-order chi connectivity index (χ1) is 12.0. The van der Waals surface area contributed by atoms with Gasteiger partial charge in [-0.15, -0.1) is 0 Å². The average molecular weight is 413 g/mol. The Bertz CT molecular complexity index is 577. The van der Waals surface area contributed by atoms with E-state index in [2.05, 4.69) is 15.9 Å². The molecule has 0 radical (unpaired) electrons. The molecule has 0 aliphatic carbocycles. The van der Waals surface area contributed by atoms with Crippen LogP contribution in [0.25, 0.3) is 0 Å². The Morgan fingerprint density at radius 3 is 2.56 bits per heavy atom. The van der Waals surface area contributed by atoms with Crippen molar-refractivity contribution in [2.45, 2.75) is 20.3 Å². The monoisotopic (exact) mass is 412 g/mol. The summed E-state index contributed by atoms with van der Waals surface area (Å²) in [5.74, 6) is 0.949. The Balaban J connectivity index is 1.88. The maximum absolute atomic E-state index is 12.4. The molecule has 1 saturated heterocycles. The Hall–Kier alpha value is -1.76. The number of alkyl halides is 1. The molecule has 1 aromatic rings. The summed E-state index contributed by atoms with van der Waals surface area (Å²) in [6, 6.07) is 7.46. The van der Waals surface area contributed by atoms with Gasteiger partial charge in [0.05, 0.1) is 13.2 Å². The van der Waals surface area contributed by atoms with Crippen molar-refractivity contribution in [3.05, 3.63) is 24.3 Å². The topological polar surface area (TPSA) is 59.1 Å². The van der Waals surface area contributed by atoms with E-state index in [1.807, 2.05) is 38.1 Å². The lowest BCUT2D eigenvalue weighted by Gasteiger charge is -2.33. The van der Waals surface area contributed by atoms with Crippen LogP contribution in [0.2, 0.25) is 0 Å². The molecule has 7 heteroatoms. The average Bonchev–Trinajstić information content (AvgIpc) is 2.60. The van der Waals surface area contributed by atoms with E-state index in [1.165, 1.54) is 4.90 Å². The number of hydrogen-bond donors (Lipinski definition) is 0. The van der Waals surface area contributed by atoms with Crippen LogP contribution in [0.1, 0.15) is 20.3 Å². The second-order valence-corrected chi connectivity index (χ2v) is 7.12. The minimum Gasteiger partial charge on any atom is -0.494 e. The quantitative estimate of drug-likeness (QED) is 0.509. The Labute approximate surface area is 157 Å². The van der Waals surface area contributed by atoms with Crippen LogP contribution < -0.4 is 9.64 Å². The molecule has 1 fully saturated rings. The van der Waals surface area contributed by atoms with Crippen LogP contribution in [-0.4, -0.2) is 55.1 Å². The van der Waals surface area contributed by atoms with E-state index in [-0.39, 0.29) is 18.4 Å². The second-order valence-electron chi connectivity index (χ2n) is 6.32. The molecule has 1 aliphatic rings. The van der Waals surface area contributed by atoms with Gasteiger partial charge in [-0.25, -0.2) is 4.79 Å². The predicted octanol–water partition coefficient (Wildman–Crippen LogP) is 3.29. The number of hydrogen-bond acceptors (Lipinski definition) is 4. The molecule has 0 spiro atoms. The Morgan fingerprint density at radius 1 is 1.24 bits per heavy atom. The predicted molar refractivity (Wildman–Crippen MR) is 100 cm³/mol. The van der Waals surface area contributed by atoms with Gasteiger partial charge in [-0.05, 0) is 36.6 Å². The summed E-state index contributed by atoms with van der Waals surface area (Å²) in [6.07, 6.45) is 0.520. The van der Waals surface area contributed by atoms with Gasteiger partial charge in [0.15, 0.2) is 0 Å². The van der Waals surface area contributed by atoms with Crippen LogP contribution >= 0.6 is 15.9 Å². The maximum atomic E-state index is 12.4. The van der Waals surface area contributed by atoms with E-state index in [4.69, 9.17) is 9.47 Å². The SMILES string of the molecule is CC(C)COC(=O)N1CCN(c2ccc(OCCCBr)cc2)C(=O)C1. The van der Waals surface area contributed by atoms with E-state index in [1.54, 1.807) is 4.90 Å². The Kier molecular flexibility index (Phi) is 7.55. The summed E-state index contributed by atoms with van der Waals surface area (Å²) in [6.45, 7) is 5.93. The first kappa shape index (κ1) is 19.6. The third kappa shape index (κ3) is 5.92. The Morgan fingerprint density at radius 2 is 1.96 bits per heavy atom. The molecule has 0 bridgehead atoms. The highest BCUT2D eigenvalue weighted by Crippen LogP contribution is 2.21. The third-order valence-electron chi connectivity index (χ3n) is 3.71. The standard InChI is InChI=1S/C18H25BrN2O4/c1-14(2)13-25-18(23)20-9-10-21(17(22)12-20)15-4-6-16(7-5-15)24-11-3-8-19/h4-7,14H,3,8-13H2,1-2H3. The number of amides is 2. The zero-order valence-electron chi connectivity index (χ0n) is 14.7. The fraction of sp³-hybridized carbons (Fsp3) is 0.556. The highest BCUT2D eigenvalue weighted by atomic mass is 79.9.